The Balaban J connectivity index is 2.78. The number of rotatable bonds is 7. The van der Waals surface area contributed by atoms with Crippen molar-refractivity contribution in [3.8, 4) is 11.5 Å². The number of unbranched alkanes of at least 4 members (excludes halogenated alkanes) is 1. The van der Waals surface area contributed by atoms with E-state index in [9.17, 15) is 0 Å². The van der Waals surface area contributed by atoms with Crippen LogP contribution in [-0.2, 0) is 11.2 Å². The van der Waals surface area contributed by atoms with Crippen molar-refractivity contribution in [1.82, 2.24) is 0 Å². The average molecular weight is 224 g/mol. The summed E-state index contributed by atoms with van der Waals surface area (Å²) < 4.78 is 15.6. The standard InChI is InChI=1S/C13H20O3/c1-4-5-6-11-9-12(15-3)7-8-13(11)16-10-14-2/h7-9H,4-6,10H2,1-3H3. The highest BCUT2D eigenvalue weighted by molar-refractivity contribution is 5.40. The number of hydrogen-bond acceptors (Lipinski definition) is 3. The van der Waals surface area contributed by atoms with E-state index in [2.05, 4.69) is 6.92 Å². The van der Waals surface area contributed by atoms with Crippen LogP contribution in [0.5, 0.6) is 11.5 Å². The van der Waals surface area contributed by atoms with Crippen molar-refractivity contribution in [1.29, 1.82) is 0 Å². The summed E-state index contributed by atoms with van der Waals surface area (Å²) in [4.78, 5) is 0. The van der Waals surface area contributed by atoms with Gasteiger partial charge in [-0.1, -0.05) is 13.3 Å². The van der Waals surface area contributed by atoms with Gasteiger partial charge in [-0.25, -0.2) is 0 Å². The molecule has 0 N–H and O–H groups in total. The van der Waals surface area contributed by atoms with E-state index < -0.39 is 0 Å². The molecule has 3 heteroatoms. The second kappa shape index (κ2) is 7.12. The predicted molar refractivity (Wildman–Crippen MR) is 64.1 cm³/mol. The van der Waals surface area contributed by atoms with E-state index in [1.54, 1.807) is 14.2 Å². The van der Waals surface area contributed by atoms with E-state index >= 15 is 0 Å². The predicted octanol–water partition coefficient (Wildman–Crippen LogP) is 3.02. The van der Waals surface area contributed by atoms with Crippen molar-refractivity contribution in [2.75, 3.05) is 21.0 Å². The van der Waals surface area contributed by atoms with Crippen LogP contribution < -0.4 is 9.47 Å². The molecular weight excluding hydrogens is 204 g/mol. The van der Waals surface area contributed by atoms with Gasteiger partial charge < -0.3 is 14.2 Å². The van der Waals surface area contributed by atoms with Crippen molar-refractivity contribution < 1.29 is 14.2 Å². The fraction of sp³-hybridized carbons (Fsp3) is 0.538. The van der Waals surface area contributed by atoms with E-state index in [1.165, 1.54) is 12.0 Å². The summed E-state index contributed by atoms with van der Waals surface area (Å²) >= 11 is 0. The zero-order valence-corrected chi connectivity index (χ0v) is 10.3. The first kappa shape index (κ1) is 12.8. The Hall–Kier alpha value is -1.22. The van der Waals surface area contributed by atoms with Crippen molar-refractivity contribution in [2.45, 2.75) is 26.2 Å². The van der Waals surface area contributed by atoms with Crippen LogP contribution in [0.3, 0.4) is 0 Å². The number of benzene rings is 1. The van der Waals surface area contributed by atoms with Gasteiger partial charge in [-0.15, -0.1) is 0 Å². The molecule has 0 aromatic heterocycles. The monoisotopic (exact) mass is 224 g/mol. The van der Waals surface area contributed by atoms with E-state index in [1.807, 2.05) is 18.2 Å². The highest BCUT2D eigenvalue weighted by Crippen LogP contribution is 2.25. The third-order valence-corrected chi connectivity index (χ3v) is 2.40. The summed E-state index contributed by atoms with van der Waals surface area (Å²) in [5, 5.41) is 0. The molecule has 0 spiro atoms. The highest BCUT2D eigenvalue weighted by Gasteiger charge is 2.05. The molecule has 0 aliphatic carbocycles. The third-order valence-electron chi connectivity index (χ3n) is 2.40. The van der Waals surface area contributed by atoms with Crippen molar-refractivity contribution in [3.05, 3.63) is 23.8 Å². The van der Waals surface area contributed by atoms with Crippen LogP contribution in [0, 0.1) is 0 Å². The lowest BCUT2D eigenvalue weighted by atomic mass is 10.1. The molecule has 0 radical (unpaired) electrons. The van der Waals surface area contributed by atoms with Gasteiger partial charge in [-0.05, 0) is 36.6 Å². The van der Waals surface area contributed by atoms with Crippen LogP contribution in [0.2, 0.25) is 0 Å². The molecule has 1 aromatic rings. The summed E-state index contributed by atoms with van der Waals surface area (Å²) in [5.41, 5.74) is 1.18. The summed E-state index contributed by atoms with van der Waals surface area (Å²) in [6, 6.07) is 5.87. The fourth-order valence-corrected chi connectivity index (χ4v) is 1.51. The molecule has 0 unspecified atom stereocenters. The van der Waals surface area contributed by atoms with Gasteiger partial charge in [0.1, 0.15) is 11.5 Å². The van der Waals surface area contributed by atoms with Gasteiger partial charge in [0.15, 0.2) is 6.79 Å². The molecule has 0 heterocycles. The zero-order valence-electron chi connectivity index (χ0n) is 10.3. The molecule has 0 aliphatic rings. The Labute approximate surface area is 97.3 Å². The van der Waals surface area contributed by atoms with E-state index in [-0.39, 0.29) is 6.79 Å². The fourth-order valence-electron chi connectivity index (χ4n) is 1.51. The van der Waals surface area contributed by atoms with Gasteiger partial charge in [0.2, 0.25) is 0 Å². The van der Waals surface area contributed by atoms with Crippen molar-refractivity contribution in [2.24, 2.45) is 0 Å². The zero-order chi connectivity index (χ0) is 11.8. The first-order valence-electron chi connectivity index (χ1n) is 5.60. The quantitative estimate of drug-likeness (QED) is 0.666. The molecule has 0 saturated carbocycles. The Morgan fingerprint density at radius 2 is 2.00 bits per heavy atom. The largest absolute Gasteiger partial charge is 0.497 e. The normalized spacial score (nSPS) is 10.2. The van der Waals surface area contributed by atoms with Crippen molar-refractivity contribution in [3.63, 3.8) is 0 Å². The molecule has 0 atom stereocenters. The molecule has 0 saturated heterocycles. The van der Waals surface area contributed by atoms with Gasteiger partial charge in [0.25, 0.3) is 0 Å². The van der Waals surface area contributed by atoms with Crippen LogP contribution in [0.1, 0.15) is 25.3 Å². The summed E-state index contributed by atoms with van der Waals surface area (Å²) in [6.07, 6.45) is 3.32. The molecule has 1 aromatic carbocycles. The minimum atomic E-state index is 0.283. The second-order valence-electron chi connectivity index (χ2n) is 3.63. The van der Waals surface area contributed by atoms with Gasteiger partial charge >= 0.3 is 0 Å². The topological polar surface area (TPSA) is 27.7 Å². The first-order valence-corrected chi connectivity index (χ1v) is 5.60. The smallest absolute Gasteiger partial charge is 0.188 e. The Kier molecular flexibility index (Phi) is 5.72. The second-order valence-corrected chi connectivity index (χ2v) is 3.63. The summed E-state index contributed by atoms with van der Waals surface area (Å²) in [6.45, 7) is 2.46. The first-order chi connectivity index (χ1) is 7.81. The molecule has 0 bridgehead atoms. The van der Waals surface area contributed by atoms with E-state index in [0.29, 0.717) is 0 Å². The average Bonchev–Trinajstić information content (AvgIpc) is 2.34. The highest BCUT2D eigenvalue weighted by atomic mass is 16.7. The number of aryl methyl sites for hydroxylation is 1. The Bertz CT molecular complexity index is 310. The van der Waals surface area contributed by atoms with Crippen molar-refractivity contribution >= 4 is 0 Å². The summed E-state index contributed by atoms with van der Waals surface area (Å²) in [5.74, 6) is 1.76. The van der Waals surface area contributed by atoms with Gasteiger partial charge in [-0.2, -0.15) is 0 Å². The lowest BCUT2D eigenvalue weighted by Gasteiger charge is -2.12. The van der Waals surface area contributed by atoms with E-state index in [4.69, 9.17) is 14.2 Å². The number of hydrogen-bond donors (Lipinski definition) is 0. The molecule has 16 heavy (non-hydrogen) atoms. The van der Waals surface area contributed by atoms with Crippen LogP contribution in [-0.4, -0.2) is 21.0 Å². The maximum Gasteiger partial charge on any atom is 0.188 e. The molecule has 0 fully saturated rings. The van der Waals surface area contributed by atoms with Crippen LogP contribution in [0.4, 0.5) is 0 Å². The van der Waals surface area contributed by atoms with Gasteiger partial charge in [-0.3, -0.25) is 0 Å². The maximum atomic E-state index is 5.51. The molecule has 3 nitrogen and oxygen atoms in total. The molecule has 0 amide bonds. The van der Waals surface area contributed by atoms with Gasteiger partial charge in [0, 0.05) is 7.11 Å². The number of ether oxygens (including phenoxy) is 3. The molecule has 1 rings (SSSR count). The van der Waals surface area contributed by atoms with Crippen LogP contribution in [0.15, 0.2) is 18.2 Å². The van der Waals surface area contributed by atoms with E-state index in [0.717, 1.165) is 24.3 Å². The minimum Gasteiger partial charge on any atom is -0.497 e. The minimum absolute atomic E-state index is 0.283. The SMILES string of the molecule is CCCCc1cc(OC)ccc1OCOC. The third kappa shape index (κ3) is 3.74. The van der Waals surface area contributed by atoms with Crippen LogP contribution >= 0.6 is 0 Å². The number of methoxy groups -OCH3 is 2. The lowest BCUT2D eigenvalue weighted by molar-refractivity contribution is 0.0503. The molecule has 0 aliphatic heterocycles. The molecular formula is C13H20O3. The van der Waals surface area contributed by atoms with Crippen LogP contribution in [0.25, 0.3) is 0 Å². The lowest BCUT2D eigenvalue weighted by Crippen LogP contribution is -2.02. The Morgan fingerprint density at radius 3 is 2.62 bits per heavy atom. The summed E-state index contributed by atoms with van der Waals surface area (Å²) in [7, 11) is 3.30. The Morgan fingerprint density at radius 1 is 1.19 bits per heavy atom. The molecule has 90 valence electrons. The van der Waals surface area contributed by atoms with Gasteiger partial charge in [0.05, 0.1) is 7.11 Å². The maximum absolute atomic E-state index is 5.51.